The zero-order chi connectivity index (χ0) is 33.0. The molecule has 0 saturated heterocycles. The number of para-hydroxylation sites is 1. The molecule has 10 aromatic rings. The Morgan fingerprint density at radius 2 is 1.00 bits per heavy atom. The second kappa shape index (κ2) is 11.7. The normalized spacial score (nSPS) is 11.6. The van der Waals surface area contributed by atoms with Crippen LogP contribution in [0.25, 0.3) is 98.3 Å². The van der Waals surface area contributed by atoms with E-state index in [1.807, 2.05) is 47.7 Å². The largest absolute Gasteiger partial charge is 0.455 e. The van der Waals surface area contributed by atoms with Gasteiger partial charge in [-0.1, -0.05) is 133 Å². The van der Waals surface area contributed by atoms with Crippen molar-refractivity contribution in [3.8, 4) is 56.2 Å². The molecule has 3 heterocycles. The van der Waals surface area contributed by atoms with E-state index in [2.05, 4.69) is 133 Å². The summed E-state index contributed by atoms with van der Waals surface area (Å²) >= 11 is 1.83. The van der Waals surface area contributed by atoms with Crippen LogP contribution in [0.3, 0.4) is 0 Å². The van der Waals surface area contributed by atoms with Crippen molar-refractivity contribution in [1.29, 1.82) is 0 Å². The standard InChI is InChI=1S/C46H28N2OS/c1-3-11-29(12-4-1)30-19-21-31(22-20-30)39-28-40(48-46(47-39)32-13-5-2-6-14-32)36-25-24-34(45-44(36)37-16-7-9-17-41(37)49-45)33-23-26-43-38(27-33)35-15-8-10-18-42(35)50-43/h1-28H. The van der Waals surface area contributed by atoms with Gasteiger partial charge in [0.15, 0.2) is 5.82 Å². The summed E-state index contributed by atoms with van der Waals surface area (Å²) in [6.07, 6.45) is 0. The molecule has 0 radical (unpaired) electrons. The Labute approximate surface area is 292 Å². The Kier molecular flexibility index (Phi) is 6.68. The molecule has 4 heteroatoms. The van der Waals surface area contributed by atoms with Crippen LogP contribution in [0.2, 0.25) is 0 Å². The minimum absolute atomic E-state index is 0.685. The van der Waals surface area contributed by atoms with E-state index in [1.54, 1.807) is 0 Å². The SMILES string of the molecule is c1ccc(-c2ccc(-c3cc(-c4ccc(-c5ccc6sc7ccccc7c6c5)c5oc6ccccc6c45)nc(-c4ccccc4)n3)cc2)cc1. The van der Waals surface area contributed by atoms with Crippen molar-refractivity contribution in [2.45, 2.75) is 0 Å². The average Bonchev–Trinajstić information content (AvgIpc) is 3.77. The molecule has 0 unspecified atom stereocenters. The highest BCUT2D eigenvalue weighted by molar-refractivity contribution is 7.25. The zero-order valence-corrected chi connectivity index (χ0v) is 27.7. The molecule has 0 bridgehead atoms. The van der Waals surface area contributed by atoms with Crippen LogP contribution >= 0.6 is 11.3 Å². The lowest BCUT2D eigenvalue weighted by Gasteiger charge is -2.12. The summed E-state index contributed by atoms with van der Waals surface area (Å²) in [6, 6.07) is 59.5. The molecule has 0 atom stereocenters. The maximum absolute atomic E-state index is 6.73. The molecule has 0 spiro atoms. The highest BCUT2D eigenvalue weighted by Crippen LogP contribution is 2.44. The highest BCUT2D eigenvalue weighted by atomic mass is 32.1. The molecule has 234 valence electrons. The first kappa shape index (κ1) is 28.6. The molecule has 0 fully saturated rings. The quantitative estimate of drug-likeness (QED) is 0.185. The van der Waals surface area contributed by atoms with Gasteiger partial charge in [-0.25, -0.2) is 9.97 Å². The van der Waals surface area contributed by atoms with Crippen LogP contribution in [-0.2, 0) is 0 Å². The third-order valence-electron chi connectivity index (χ3n) is 9.54. The summed E-state index contributed by atoms with van der Waals surface area (Å²) in [4.78, 5) is 10.3. The van der Waals surface area contributed by atoms with Crippen LogP contribution in [-0.4, -0.2) is 9.97 Å². The fraction of sp³-hybridized carbons (Fsp3) is 0. The molecule has 10 rings (SSSR count). The van der Waals surface area contributed by atoms with Gasteiger partial charge in [0, 0.05) is 53.2 Å². The Morgan fingerprint density at radius 1 is 0.400 bits per heavy atom. The number of thiophene rings is 1. The summed E-state index contributed by atoms with van der Waals surface area (Å²) in [5, 5.41) is 4.67. The first-order valence-electron chi connectivity index (χ1n) is 16.7. The topological polar surface area (TPSA) is 38.9 Å². The number of aromatic nitrogens is 2. The predicted molar refractivity (Wildman–Crippen MR) is 209 cm³/mol. The molecule has 0 aliphatic heterocycles. The Balaban J connectivity index is 1.18. The van der Waals surface area contributed by atoms with Crippen molar-refractivity contribution in [1.82, 2.24) is 9.97 Å². The Morgan fingerprint density at radius 3 is 1.82 bits per heavy atom. The summed E-state index contributed by atoms with van der Waals surface area (Å²) in [7, 11) is 0. The summed E-state index contributed by atoms with van der Waals surface area (Å²) in [5.41, 5.74) is 11.0. The number of furan rings is 1. The third-order valence-corrected chi connectivity index (χ3v) is 10.7. The van der Waals surface area contributed by atoms with Crippen LogP contribution in [0.5, 0.6) is 0 Å². The molecule has 0 aliphatic rings. The van der Waals surface area contributed by atoms with Crippen LogP contribution in [0.4, 0.5) is 0 Å². The molecule has 0 N–H and O–H groups in total. The number of nitrogens with zero attached hydrogens (tertiary/aromatic N) is 2. The van der Waals surface area contributed by atoms with Crippen molar-refractivity contribution in [3.63, 3.8) is 0 Å². The van der Waals surface area contributed by atoms with Crippen molar-refractivity contribution in [3.05, 3.63) is 170 Å². The van der Waals surface area contributed by atoms with E-state index in [4.69, 9.17) is 14.4 Å². The predicted octanol–water partition coefficient (Wildman–Crippen LogP) is 13.1. The van der Waals surface area contributed by atoms with Gasteiger partial charge in [0.05, 0.1) is 11.4 Å². The van der Waals surface area contributed by atoms with Crippen LogP contribution in [0, 0.1) is 0 Å². The number of hydrogen-bond donors (Lipinski definition) is 0. The zero-order valence-electron chi connectivity index (χ0n) is 26.9. The van der Waals surface area contributed by atoms with Gasteiger partial charge in [0.2, 0.25) is 0 Å². The lowest BCUT2D eigenvalue weighted by molar-refractivity contribution is 0.670. The van der Waals surface area contributed by atoms with Gasteiger partial charge >= 0.3 is 0 Å². The number of hydrogen-bond acceptors (Lipinski definition) is 4. The van der Waals surface area contributed by atoms with Crippen molar-refractivity contribution < 1.29 is 4.42 Å². The average molecular weight is 657 g/mol. The van der Waals surface area contributed by atoms with Gasteiger partial charge in [-0.3, -0.25) is 0 Å². The second-order valence-corrected chi connectivity index (χ2v) is 13.6. The van der Waals surface area contributed by atoms with Crippen molar-refractivity contribution in [2.75, 3.05) is 0 Å². The van der Waals surface area contributed by atoms with Gasteiger partial charge in [0.1, 0.15) is 11.2 Å². The fourth-order valence-corrected chi connectivity index (χ4v) is 8.16. The molecule has 0 saturated carbocycles. The Bertz CT molecular complexity index is 2850. The Hall–Kier alpha value is -6.36. The third kappa shape index (κ3) is 4.80. The van der Waals surface area contributed by atoms with E-state index < -0.39 is 0 Å². The van der Waals surface area contributed by atoms with Crippen LogP contribution in [0.1, 0.15) is 0 Å². The van der Waals surface area contributed by atoms with E-state index in [1.165, 1.54) is 31.3 Å². The molecule has 0 aliphatic carbocycles. The smallest absolute Gasteiger partial charge is 0.160 e. The van der Waals surface area contributed by atoms with Gasteiger partial charge < -0.3 is 4.42 Å². The minimum atomic E-state index is 0.685. The minimum Gasteiger partial charge on any atom is -0.455 e. The lowest BCUT2D eigenvalue weighted by Crippen LogP contribution is -1.96. The highest BCUT2D eigenvalue weighted by Gasteiger charge is 2.20. The maximum Gasteiger partial charge on any atom is 0.160 e. The first-order chi connectivity index (χ1) is 24.8. The monoisotopic (exact) mass is 656 g/mol. The second-order valence-electron chi connectivity index (χ2n) is 12.5. The van der Waals surface area contributed by atoms with E-state index in [-0.39, 0.29) is 0 Å². The molecule has 3 nitrogen and oxygen atoms in total. The first-order valence-corrected chi connectivity index (χ1v) is 17.6. The van der Waals surface area contributed by atoms with Gasteiger partial charge in [-0.15, -0.1) is 11.3 Å². The number of rotatable bonds is 5. The molecule has 50 heavy (non-hydrogen) atoms. The molecule has 0 amide bonds. The maximum atomic E-state index is 6.73. The van der Waals surface area contributed by atoms with E-state index in [0.29, 0.717) is 5.82 Å². The van der Waals surface area contributed by atoms with Gasteiger partial charge in [0.25, 0.3) is 0 Å². The summed E-state index contributed by atoms with van der Waals surface area (Å²) in [6.45, 7) is 0. The van der Waals surface area contributed by atoms with Gasteiger partial charge in [-0.2, -0.15) is 0 Å². The van der Waals surface area contributed by atoms with Crippen molar-refractivity contribution in [2.24, 2.45) is 0 Å². The summed E-state index contributed by atoms with van der Waals surface area (Å²) in [5.74, 6) is 0.685. The van der Waals surface area contributed by atoms with E-state index in [0.717, 1.165) is 61.1 Å². The van der Waals surface area contributed by atoms with Crippen LogP contribution in [0.15, 0.2) is 174 Å². The molecular formula is C46H28N2OS. The van der Waals surface area contributed by atoms with Crippen molar-refractivity contribution >= 4 is 53.4 Å². The lowest BCUT2D eigenvalue weighted by atomic mass is 9.95. The number of fused-ring (bicyclic) bond motifs is 6. The van der Waals surface area contributed by atoms with Gasteiger partial charge in [-0.05, 0) is 53.1 Å². The van der Waals surface area contributed by atoms with Crippen LogP contribution < -0.4 is 0 Å². The number of benzene rings is 7. The molecule has 3 aromatic heterocycles. The van der Waals surface area contributed by atoms with E-state index in [9.17, 15) is 0 Å². The summed E-state index contributed by atoms with van der Waals surface area (Å²) < 4.78 is 9.31. The van der Waals surface area contributed by atoms with E-state index >= 15 is 0 Å². The fourth-order valence-electron chi connectivity index (χ4n) is 7.08. The molecular weight excluding hydrogens is 629 g/mol. The molecule has 7 aromatic carbocycles.